The van der Waals surface area contributed by atoms with E-state index in [1.165, 1.54) is 0 Å². The lowest BCUT2D eigenvalue weighted by molar-refractivity contribution is -0.136. The van der Waals surface area contributed by atoms with Crippen LogP contribution in [0.3, 0.4) is 0 Å². The molecule has 47 heavy (non-hydrogen) atoms. The molecule has 1 aromatic heterocycles. The van der Waals surface area contributed by atoms with E-state index in [2.05, 4.69) is 15.1 Å². The number of benzene rings is 2. The number of aromatic nitrogens is 1. The van der Waals surface area contributed by atoms with Gasteiger partial charge in [0.1, 0.15) is 17.5 Å². The zero-order valence-electron chi connectivity index (χ0n) is 26.9. The molecule has 0 saturated carbocycles. The highest BCUT2D eigenvalue weighted by molar-refractivity contribution is 6.23. The highest BCUT2D eigenvalue weighted by Gasteiger charge is 2.49. The number of pyridine rings is 1. The Morgan fingerprint density at radius 2 is 1.60 bits per heavy atom. The van der Waals surface area contributed by atoms with Gasteiger partial charge in [-0.05, 0) is 73.8 Å². The predicted molar refractivity (Wildman–Crippen MR) is 173 cm³/mol. The first kappa shape index (κ1) is 30.7. The van der Waals surface area contributed by atoms with Crippen LogP contribution in [-0.2, 0) is 23.2 Å². The van der Waals surface area contributed by atoms with E-state index in [0.29, 0.717) is 17.7 Å². The molecule has 12 heteroatoms. The number of nitrogens with one attached hydrogen (secondary N) is 1. The molecule has 1 spiro atoms. The quantitative estimate of drug-likeness (QED) is 0.388. The highest BCUT2D eigenvalue weighted by Crippen LogP contribution is 2.44. The van der Waals surface area contributed by atoms with Crippen molar-refractivity contribution in [1.29, 1.82) is 0 Å². The molecular weight excluding hydrogens is 602 g/mol. The highest BCUT2D eigenvalue weighted by atomic mass is 16.5. The van der Waals surface area contributed by atoms with Crippen molar-refractivity contribution in [1.82, 2.24) is 19.7 Å². The fraction of sp³-hybridized carbons (Fsp3) is 0.400. The summed E-state index contributed by atoms with van der Waals surface area (Å²) < 4.78 is 13.3. The van der Waals surface area contributed by atoms with Gasteiger partial charge in [0.2, 0.25) is 11.8 Å². The Bertz CT molecular complexity index is 1860. The maximum absolute atomic E-state index is 13.3. The molecule has 2 aromatic carbocycles. The molecule has 1 unspecified atom stereocenters. The Hall–Kier alpha value is -4.97. The summed E-state index contributed by atoms with van der Waals surface area (Å²) in [5.41, 5.74) is 4.96. The average molecular weight is 640 g/mol. The fourth-order valence-electron chi connectivity index (χ4n) is 7.59. The van der Waals surface area contributed by atoms with Crippen molar-refractivity contribution in [2.45, 2.75) is 38.8 Å². The third-order valence-electron chi connectivity index (χ3n) is 10.0. The first-order chi connectivity index (χ1) is 22.5. The van der Waals surface area contributed by atoms with Gasteiger partial charge in [0.15, 0.2) is 0 Å². The van der Waals surface area contributed by atoms with E-state index in [0.717, 1.165) is 71.4 Å². The second kappa shape index (κ2) is 11.4. The number of methoxy groups -OCH3 is 2. The van der Waals surface area contributed by atoms with Gasteiger partial charge < -0.3 is 18.9 Å². The number of nitrogens with zero attached hydrogens (tertiary/aromatic N) is 4. The molecule has 4 aliphatic heterocycles. The minimum Gasteiger partial charge on any atom is -0.496 e. The van der Waals surface area contributed by atoms with Crippen molar-refractivity contribution >= 4 is 29.3 Å². The smallest absolute Gasteiger partial charge is 0.262 e. The van der Waals surface area contributed by atoms with Crippen molar-refractivity contribution in [3.8, 4) is 22.6 Å². The van der Waals surface area contributed by atoms with Gasteiger partial charge in [-0.2, -0.15) is 0 Å². The Balaban J connectivity index is 1.04. The van der Waals surface area contributed by atoms with Crippen LogP contribution >= 0.6 is 0 Å². The topological polar surface area (TPSA) is 130 Å². The van der Waals surface area contributed by atoms with E-state index in [1.54, 1.807) is 38.0 Å². The zero-order chi connectivity index (χ0) is 33.2. The van der Waals surface area contributed by atoms with Gasteiger partial charge in [0, 0.05) is 62.5 Å². The number of rotatable bonds is 7. The second-order valence-electron chi connectivity index (χ2n) is 13.2. The SMILES string of the molecule is COc1cc(-c2cc(C)c(=O)n(C)c2)cc(OC)c1CN1CCC2(C1)CN(c1ccc3c(c1)C(=O)N(C1CCC(=O)NC1=O)C3=O)C2. The standard InChI is InChI=1S/C35H37N5O7/c1-20-11-22(15-37(2)32(20)43)21-12-28(46-3)26(29(13-21)47-4)16-38-10-9-35(17-38)18-39(19-35)23-5-6-24-25(14-23)34(45)40(33(24)44)27-7-8-30(41)36-31(27)42/h5-6,11-15,27H,7-10,16-19H2,1-4H3,(H,36,41,42). The molecule has 3 saturated heterocycles. The Labute approximate surface area is 271 Å². The molecule has 0 radical (unpaired) electrons. The molecule has 12 nitrogen and oxygen atoms in total. The summed E-state index contributed by atoms with van der Waals surface area (Å²) in [6, 6.07) is 10.2. The van der Waals surface area contributed by atoms with Crippen molar-refractivity contribution in [2.75, 3.05) is 45.3 Å². The molecule has 3 aromatic rings. The Morgan fingerprint density at radius 3 is 2.26 bits per heavy atom. The van der Waals surface area contributed by atoms with E-state index < -0.39 is 29.7 Å². The van der Waals surface area contributed by atoms with E-state index in [-0.39, 0.29) is 29.4 Å². The number of imide groups is 2. The lowest BCUT2D eigenvalue weighted by Gasteiger charge is -2.49. The Morgan fingerprint density at radius 1 is 0.894 bits per heavy atom. The molecule has 4 aliphatic rings. The number of hydrogen-bond donors (Lipinski definition) is 1. The summed E-state index contributed by atoms with van der Waals surface area (Å²) in [5.74, 6) is -0.551. The fourth-order valence-corrected chi connectivity index (χ4v) is 7.59. The van der Waals surface area contributed by atoms with Crippen molar-refractivity contribution in [2.24, 2.45) is 12.5 Å². The molecular formula is C35H37N5O7. The van der Waals surface area contributed by atoms with Gasteiger partial charge in [0.05, 0.1) is 30.9 Å². The van der Waals surface area contributed by atoms with E-state index >= 15 is 0 Å². The second-order valence-corrected chi connectivity index (χ2v) is 13.2. The van der Waals surface area contributed by atoms with Crippen LogP contribution in [0.2, 0.25) is 0 Å². The Kier molecular flexibility index (Phi) is 7.42. The number of hydrogen-bond acceptors (Lipinski definition) is 9. The van der Waals surface area contributed by atoms with Gasteiger partial charge in [-0.15, -0.1) is 0 Å². The number of likely N-dealkylation sites (tertiary alicyclic amines) is 1. The lowest BCUT2D eigenvalue weighted by Crippen LogP contribution is -2.57. The minimum absolute atomic E-state index is 0.0296. The first-order valence-corrected chi connectivity index (χ1v) is 15.8. The van der Waals surface area contributed by atoms with Gasteiger partial charge in [-0.3, -0.25) is 39.1 Å². The molecule has 1 N–H and O–H groups in total. The third kappa shape index (κ3) is 5.16. The van der Waals surface area contributed by atoms with Gasteiger partial charge in [-0.1, -0.05) is 0 Å². The minimum atomic E-state index is -0.980. The normalized spacial score (nSPS) is 20.5. The van der Waals surface area contributed by atoms with Crippen molar-refractivity contribution < 1.29 is 28.7 Å². The number of amides is 4. The maximum atomic E-state index is 13.3. The third-order valence-corrected chi connectivity index (χ3v) is 10.0. The lowest BCUT2D eigenvalue weighted by atomic mass is 9.78. The zero-order valence-corrected chi connectivity index (χ0v) is 26.9. The number of piperidine rings is 1. The van der Waals surface area contributed by atoms with Gasteiger partial charge in [-0.25, -0.2) is 0 Å². The van der Waals surface area contributed by atoms with Gasteiger partial charge >= 0.3 is 0 Å². The summed E-state index contributed by atoms with van der Waals surface area (Å²) in [5, 5.41) is 2.24. The number of ether oxygens (including phenoxy) is 2. The van der Waals surface area contributed by atoms with Crippen LogP contribution in [0, 0.1) is 12.3 Å². The molecule has 0 bridgehead atoms. The van der Waals surface area contributed by atoms with E-state index in [1.807, 2.05) is 37.4 Å². The molecule has 1 atom stereocenters. The number of fused-ring (bicyclic) bond motifs is 1. The summed E-state index contributed by atoms with van der Waals surface area (Å²) in [4.78, 5) is 68.3. The maximum Gasteiger partial charge on any atom is 0.262 e. The van der Waals surface area contributed by atoms with Crippen LogP contribution in [0.15, 0.2) is 47.4 Å². The van der Waals surface area contributed by atoms with Crippen LogP contribution in [0.4, 0.5) is 5.69 Å². The largest absolute Gasteiger partial charge is 0.496 e. The van der Waals surface area contributed by atoms with E-state index in [4.69, 9.17) is 9.47 Å². The van der Waals surface area contributed by atoms with Crippen LogP contribution < -0.4 is 25.2 Å². The summed E-state index contributed by atoms with van der Waals surface area (Å²) in [6.07, 6.45) is 3.06. The molecule has 5 heterocycles. The van der Waals surface area contributed by atoms with Crippen molar-refractivity contribution in [3.05, 3.63) is 75.2 Å². The number of anilines is 1. The van der Waals surface area contributed by atoms with E-state index in [9.17, 15) is 24.0 Å². The first-order valence-electron chi connectivity index (χ1n) is 15.8. The van der Waals surface area contributed by atoms with Crippen molar-refractivity contribution in [3.63, 3.8) is 0 Å². The predicted octanol–water partition coefficient (Wildman–Crippen LogP) is 2.49. The van der Waals surface area contributed by atoms with Crippen LogP contribution in [-0.4, -0.2) is 84.4 Å². The summed E-state index contributed by atoms with van der Waals surface area (Å²) >= 11 is 0. The molecule has 4 amide bonds. The van der Waals surface area contributed by atoms with Gasteiger partial charge in [0.25, 0.3) is 17.4 Å². The average Bonchev–Trinajstić information content (AvgIpc) is 3.57. The number of carbonyl (C=O) groups excluding carboxylic acids is 4. The monoisotopic (exact) mass is 639 g/mol. The molecule has 0 aliphatic carbocycles. The van der Waals surface area contributed by atoms with Crippen LogP contribution in [0.5, 0.6) is 11.5 Å². The molecule has 244 valence electrons. The van der Waals surface area contributed by atoms with Crippen LogP contribution in [0.25, 0.3) is 11.1 Å². The van der Waals surface area contributed by atoms with Crippen LogP contribution in [0.1, 0.15) is 51.1 Å². The number of carbonyl (C=O) groups is 4. The summed E-state index contributed by atoms with van der Waals surface area (Å²) in [7, 11) is 5.06. The molecule has 7 rings (SSSR count). The number of aryl methyl sites for hydroxylation is 2. The molecule has 3 fully saturated rings. The summed E-state index contributed by atoms with van der Waals surface area (Å²) in [6.45, 7) is 5.92.